The van der Waals surface area contributed by atoms with Crippen molar-refractivity contribution in [2.75, 3.05) is 0 Å². The molecule has 0 radical (unpaired) electrons. The zero-order chi connectivity index (χ0) is 20.2. The van der Waals surface area contributed by atoms with Crippen LogP contribution in [0.4, 0.5) is 17.1 Å². The van der Waals surface area contributed by atoms with Gasteiger partial charge in [0.15, 0.2) is 0 Å². The van der Waals surface area contributed by atoms with E-state index in [1.54, 1.807) is 0 Å². The van der Waals surface area contributed by atoms with Gasteiger partial charge in [0.1, 0.15) is 11.4 Å². The van der Waals surface area contributed by atoms with Gasteiger partial charge in [-0.25, -0.2) is 5.26 Å². The molecular formula is C13H10ClN3O8S2. The van der Waals surface area contributed by atoms with E-state index in [9.17, 15) is 23.1 Å². The Hall–Kier alpha value is -2.13. The fraction of sp³-hybridized carbons (Fsp3) is 0.0769. The lowest BCUT2D eigenvalue weighted by Gasteiger charge is -2.08. The molecular weight excluding hydrogens is 426 g/mol. The van der Waals surface area contributed by atoms with Gasteiger partial charge in [0, 0.05) is 12.1 Å². The first-order valence-corrected chi connectivity index (χ1v) is 9.32. The van der Waals surface area contributed by atoms with Crippen molar-refractivity contribution in [3.05, 3.63) is 51.0 Å². The molecule has 2 aromatic rings. The smallest absolute Gasteiger partial charge is 0.282 e. The van der Waals surface area contributed by atoms with Crippen LogP contribution in [-0.4, -0.2) is 23.2 Å². The maximum absolute atomic E-state index is 11.5. The number of benzene rings is 2. The summed E-state index contributed by atoms with van der Waals surface area (Å²) in [5, 5.41) is 30.1. The molecule has 2 rings (SSSR count). The molecule has 0 bridgehead atoms. The SMILES string of the molecule is Cc1cc(SOOO)c(N=Nc2ccc([N+](=O)[O-])cc2Cl)cc1S(=O)(=O)O. The first-order valence-electron chi connectivity index (χ1n) is 6.76. The number of non-ortho nitro benzene ring substituents is 1. The number of hydrogen-bond acceptors (Lipinski definition) is 10. The van der Waals surface area contributed by atoms with Gasteiger partial charge >= 0.3 is 0 Å². The normalized spacial score (nSPS) is 11.9. The van der Waals surface area contributed by atoms with E-state index in [4.69, 9.17) is 16.9 Å². The zero-order valence-electron chi connectivity index (χ0n) is 13.3. The Balaban J connectivity index is 2.49. The molecule has 0 spiro atoms. The number of azo groups is 1. The molecule has 2 aromatic carbocycles. The number of hydrogen-bond donors (Lipinski definition) is 2. The van der Waals surface area contributed by atoms with Crippen LogP contribution >= 0.6 is 23.6 Å². The van der Waals surface area contributed by atoms with Crippen LogP contribution in [0, 0.1) is 17.0 Å². The van der Waals surface area contributed by atoms with E-state index < -0.39 is 19.9 Å². The van der Waals surface area contributed by atoms with Crippen molar-refractivity contribution < 1.29 is 32.5 Å². The van der Waals surface area contributed by atoms with Crippen molar-refractivity contribution in [3.63, 3.8) is 0 Å². The average molecular weight is 436 g/mol. The molecule has 0 amide bonds. The highest BCUT2D eigenvalue weighted by atomic mass is 35.5. The molecule has 0 fully saturated rings. The molecule has 0 atom stereocenters. The summed E-state index contributed by atoms with van der Waals surface area (Å²) in [7, 11) is -4.53. The molecule has 0 aliphatic rings. The van der Waals surface area contributed by atoms with Crippen molar-refractivity contribution in [2.24, 2.45) is 10.2 Å². The average Bonchev–Trinajstić information content (AvgIpc) is 2.58. The van der Waals surface area contributed by atoms with Gasteiger partial charge in [-0.05, 0) is 30.7 Å². The summed E-state index contributed by atoms with van der Waals surface area (Å²) in [5.74, 6) is 0. The van der Waals surface area contributed by atoms with Gasteiger partial charge in [-0.3, -0.25) is 14.7 Å². The predicted molar refractivity (Wildman–Crippen MR) is 93.9 cm³/mol. The van der Waals surface area contributed by atoms with Crippen LogP contribution < -0.4 is 0 Å². The third-order valence-electron chi connectivity index (χ3n) is 3.10. The Morgan fingerprint density at radius 1 is 1.22 bits per heavy atom. The molecule has 27 heavy (non-hydrogen) atoms. The lowest BCUT2D eigenvalue weighted by molar-refractivity contribution is -0.432. The van der Waals surface area contributed by atoms with E-state index >= 15 is 0 Å². The zero-order valence-corrected chi connectivity index (χ0v) is 15.7. The largest absolute Gasteiger partial charge is 0.294 e. The third kappa shape index (κ3) is 5.43. The van der Waals surface area contributed by atoms with Gasteiger partial charge in [-0.2, -0.15) is 8.42 Å². The summed E-state index contributed by atoms with van der Waals surface area (Å²) in [6, 6.07) is 5.82. The summed E-state index contributed by atoms with van der Waals surface area (Å²) in [6.45, 7) is 1.42. The molecule has 0 unspecified atom stereocenters. The lowest BCUT2D eigenvalue weighted by Crippen LogP contribution is -2.01. The van der Waals surface area contributed by atoms with Gasteiger partial charge in [-0.15, -0.1) is 14.6 Å². The molecule has 0 heterocycles. The summed E-state index contributed by atoms with van der Waals surface area (Å²) in [4.78, 5) is 9.86. The van der Waals surface area contributed by atoms with Gasteiger partial charge < -0.3 is 0 Å². The number of rotatable bonds is 7. The Kier molecular flexibility index (Phi) is 6.83. The standard InChI is InChI=1S/C13H10ClN3O8S2/c1-7-4-12(26-25-24-20)11(6-13(7)27(21,22)23)16-15-10-3-2-8(17(18)19)5-9(10)14/h2-6,20H,1H3,(H,21,22,23). The fourth-order valence-electron chi connectivity index (χ4n) is 1.92. The van der Waals surface area contributed by atoms with Crippen molar-refractivity contribution in [3.8, 4) is 0 Å². The first-order chi connectivity index (χ1) is 12.6. The highest BCUT2D eigenvalue weighted by Gasteiger charge is 2.18. The molecule has 0 aromatic heterocycles. The maximum Gasteiger partial charge on any atom is 0.294 e. The first kappa shape index (κ1) is 21.2. The lowest BCUT2D eigenvalue weighted by atomic mass is 10.2. The molecule has 144 valence electrons. The monoisotopic (exact) mass is 435 g/mol. The van der Waals surface area contributed by atoms with E-state index in [-0.39, 0.29) is 32.5 Å². The van der Waals surface area contributed by atoms with Crippen molar-refractivity contribution in [2.45, 2.75) is 16.7 Å². The second-order valence-corrected chi connectivity index (χ2v) is 7.42. The Bertz CT molecular complexity index is 1010. The number of nitro benzene ring substituents is 1. The highest BCUT2D eigenvalue weighted by Crippen LogP contribution is 2.37. The number of nitro groups is 1. The number of halogens is 1. The summed E-state index contributed by atoms with van der Waals surface area (Å²) < 4.78 is 36.5. The van der Waals surface area contributed by atoms with E-state index in [1.807, 2.05) is 0 Å². The van der Waals surface area contributed by atoms with Gasteiger partial charge in [0.25, 0.3) is 15.8 Å². The van der Waals surface area contributed by atoms with Crippen LogP contribution in [0.15, 0.2) is 50.4 Å². The molecule has 0 aliphatic carbocycles. The molecule has 14 heteroatoms. The highest BCUT2D eigenvalue weighted by molar-refractivity contribution is 7.94. The minimum Gasteiger partial charge on any atom is -0.282 e. The van der Waals surface area contributed by atoms with Gasteiger partial charge in [0.05, 0.1) is 31.8 Å². The van der Waals surface area contributed by atoms with Crippen molar-refractivity contribution in [1.82, 2.24) is 0 Å². The van der Waals surface area contributed by atoms with Crippen LogP contribution in [0.5, 0.6) is 0 Å². The second-order valence-electron chi connectivity index (χ2n) is 4.88. The van der Waals surface area contributed by atoms with Crippen LogP contribution in [-0.2, 0) is 19.5 Å². The topological polar surface area (TPSA) is 161 Å². The molecule has 11 nitrogen and oxygen atoms in total. The van der Waals surface area contributed by atoms with Gasteiger partial charge in [0.2, 0.25) is 0 Å². The minimum absolute atomic E-state index is 0.0563. The number of nitrogens with zero attached hydrogens (tertiary/aromatic N) is 3. The molecule has 2 N–H and O–H groups in total. The molecule has 0 saturated carbocycles. The van der Waals surface area contributed by atoms with E-state index in [2.05, 4.69) is 19.6 Å². The Morgan fingerprint density at radius 2 is 1.89 bits per heavy atom. The van der Waals surface area contributed by atoms with Crippen LogP contribution in [0.25, 0.3) is 0 Å². The third-order valence-corrected chi connectivity index (χ3v) is 5.03. The summed E-state index contributed by atoms with van der Waals surface area (Å²) in [5.41, 5.74) is -0.0576. The van der Waals surface area contributed by atoms with E-state index in [1.165, 1.54) is 19.1 Å². The van der Waals surface area contributed by atoms with E-state index in [0.29, 0.717) is 12.0 Å². The molecule has 0 aliphatic heterocycles. The number of aryl methyl sites for hydroxylation is 1. The predicted octanol–water partition coefficient (Wildman–Crippen LogP) is 4.65. The van der Waals surface area contributed by atoms with Crippen LogP contribution in [0.1, 0.15) is 5.56 Å². The summed E-state index contributed by atoms with van der Waals surface area (Å²) >= 11 is 6.42. The molecule has 0 saturated heterocycles. The van der Waals surface area contributed by atoms with Crippen LogP contribution in [0.3, 0.4) is 0 Å². The minimum atomic E-state index is -4.53. The van der Waals surface area contributed by atoms with Crippen molar-refractivity contribution in [1.29, 1.82) is 0 Å². The fourth-order valence-corrected chi connectivity index (χ4v) is 3.38. The summed E-state index contributed by atoms with van der Waals surface area (Å²) in [6.07, 6.45) is 0. The Labute approximate surface area is 161 Å². The van der Waals surface area contributed by atoms with Crippen LogP contribution in [0.2, 0.25) is 5.02 Å². The Morgan fingerprint density at radius 3 is 2.44 bits per heavy atom. The second kappa shape index (κ2) is 8.71. The maximum atomic E-state index is 11.5. The quantitative estimate of drug-likeness (QED) is 0.157. The van der Waals surface area contributed by atoms with E-state index in [0.717, 1.165) is 18.2 Å². The van der Waals surface area contributed by atoms with Crippen molar-refractivity contribution >= 4 is 50.8 Å². The van der Waals surface area contributed by atoms with Gasteiger partial charge in [-0.1, -0.05) is 16.6 Å².